The van der Waals surface area contributed by atoms with Crippen molar-refractivity contribution in [2.45, 2.75) is 13.1 Å². The third kappa shape index (κ3) is 3.24. The van der Waals surface area contributed by atoms with E-state index in [1.807, 2.05) is 16.8 Å². The molecule has 23 heavy (non-hydrogen) atoms. The Morgan fingerprint density at radius 3 is 2.74 bits per heavy atom. The summed E-state index contributed by atoms with van der Waals surface area (Å²) < 4.78 is 37.3. The molecule has 11 heteroatoms. The lowest BCUT2D eigenvalue weighted by Gasteiger charge is -1.99. The van der Waals surface area contributed by atoms with Crippen molar-refractivity contribution in [1.82, 2.24) is 20.2 Å². The van der Waals surface area contributed by atoms with Crippen molar-refractivity contribution in [1.29, 1.82) is 0 Å². The first-order chi connectivity index (χ1) is 10.8. The van der Waals surface area contributed by atoms with Crippen LogP contribution in [-0.4, -0.2) is 26.1 Å². The Bertz CT molecular complexity index is 837. The van der Waals surface area contributed by atoms with Gasteiger partial charge in [-0.05, 0) is 18.4 Å². The molecule has 1 amide bonds. The van der Waals surface area contributed by atoms with Crippen molar-refractivity contribution < 1.29 is 18.0 Å². The first kappa shape index (κ1) is 15.6. The second kappa shape index (κ2) is 5.74. The SMILES string of the molecule is Cc1nc(-c2ccsc2)sc1C(=O)Nc1n[nH]c(C(F)(F)F)n1. The molecule has 0 aromatic carbocycles. The number of anilines is 1. The number of carbonyl (C=O) groups is 1. The molecule has 120 valence electrons. The fourth-order valence-corrected chi connectivity index (χ4v) is 3.39. The smallest absolute Gasteiger partial charge is 0.288 e. The van der Waals surface area contributed by atoms with Crippen LogP contribution in [0.25, 0.3) is 10.6 Å². The van der Waals surface area contributed by atoms with Crippen molar-refractivity contribution in [2.75, 3.05) is 5.32 Å². The Balaban J connectivity index is 1.80. The van der Waals surface area contributed by atoms with Gasteiger partial charge in [0.2, 0.25) is 11.8 Å². The number of hydrogen-bond donors (Lipinski definition) is 2. The largest absolute Gasteiger partial charge is 0.451 e. The molecule has 0 aliphatic carbocycles. The number of H-pyrrole nitrogens is 1. The van der Waals surface area contributed by atoms with Crippen LogP contribution in [0.15, 0.2) is 16.8 Å². The molecule has 0 aliphatic rings. The van der Waals surface area contributed by atoms with Crippen LogP contribution in [0.5, 0.6) is 0 Å². The summed E-state index contributed by atoms with van der Waals surface area (Å²) in [6, 6.07) is 1.87. The number of thiazole rings is 1. The molecule has 2 N–H and O–H groups in total. The number of rotatable bonds is 3. The zero-order valence-corrected chi connectivity index (χ0v) is 13.1. The summed E-state index contributed by atoms with van der Waals surface area (Å²) in [6.07, 6.45) is -4.65. The van der Waals surface area contributed by atoms with Crippen molar-refractivity contribution in [3.63, 3.8) is 0 Å². The molecule has 0 fully saturated rings. The highest BCUT2D eigenvalue weighted by molar-refractivity contribution is 7.17. The van der Waals surface area contributed by atoms with Crippen LogP contribution < -0.4 is 5.32 Å². The van der Waals surface area contributed by atoms with Crippen molar-refractivity contribution in [3.8, 4) is 10.6 Å². The van der Waals surface area contributed by atoms with Crippen molar-refractivity contribution >= 4 is 34.5 Å². The lowest BCUT2D eigenvalue weighted by molar-refractivity contribution is -0.144. The molecule has 0 unspecified atom stereocenters. The maximum atomic E-state index is 12.4. The minimum absolute atomic E-state index is 0.296. The van der Waals surface area contributed by atoms with Gasteiger partial charge in [0, 0.05) is 10.9 Å². The summed E-state index contributed by atoms with van der Waals surface area (Å²) in [5, 5.41) is 11.7. The Morgan fingerprint density at radius 1 is 1.35 bits per heavy atom. The van der Waals surface area contributed by atoms with Crippen LogP contribution >= 0.6 is 22.7 Å². The normalized spacial score (nSPS) is 11.7. The third-order valence-corrected chi connectivity index (χ3v) is 4.64. The molecule has 3 rings (SSSR count). The number of halogens is 3. The molecular weight excluding hydrogens is 351 g/mol. The number of carbonyl (C=O) groups excluding carboxylic acids is 1. The molecule has 0 radical (unpaired) electrons. The average Bonchev–Trinajstić information content (AvgIpc) is 3.15. The minimum atomic E-state index is -4.65. The lowest BCUT2D eigenvalue weighted by atomic mass is 10.3. The quantitative estimate of drug-likeness (QED) is 0.749. The summed E-state index contributed by atoms with van der Waals surface area (Å²) >= 11 is 2.65. The van der Waals surface area contributed by atoms with E-state index in [-0.39, 0.29) is 0 Å². The Hall–Kier alpha value is -2.27. The topological polar surface area (TPSA) is 83.6 Å². The van der Waals surface area contributed by atoms with E-state index in [0.717, 1.165) is 16.9 Å². The molecule has 0 aliphatic heterocycles. The number of nitrogens with zero attached hydrogens (tertiary/aromatic N) is 3. The third-order valence-electron chi connectivity index (χ3n) is 2.75. The highest BCUT2D eigenvalue weighted by atomic mass is 32.1. The summed E-state index contributed by atoms with van der Waals surface area (Å²) in [5.41, 5.74) is 1.37. The van der Waals surface area contributed by atoms with Gasteiger partial charge in [-0.2, -0.15) is 29.5 Å². The van der Waals surface area contributed by atoms with E-state index in [0.29, 0.717) is 15.6 Å². The Morgan fingerprint density at radius 2 is 2.13 bits per heavy atom. The molecule has 6 nitrogen and oxygen atoms in total. The average molecular weight is 359 g/mol. The van der Waals surface area contributed by atoms with E-state index >= 15 is 0 Å². The van der Waals surface area contributed by atoms with Crippen LogP contribution in [0.4, 0.5) is 19.1 Å². The first-order valence-corrected chi connectivity index (χ1v) is 7.91. The maximum absolute atomic E-state index is 12.4. The highest BCUT2D eigenvalue weighted by Crippen LogP contribution is 2.30. The van der Waals surface area contributed by atoms with Gasteiger partial charge in [-0.1, -0.05) is 0 Å². The molecule has 3 heterocycles. The van der Waals surface area contributed by atoms with Crippen LogP contribution in [0, 0.1) is 6.92 Å². The van der Waals surface area contributed by atoms with Gasteiger partial charge in [0.25, 0.3) is 5.91 Å². The summed E-state index contributed by atoms with van der Waals surface area (Å²) in [5.74, 6) is -2.31. The van der Waals surface area contributed by atoms with E-state index in [9.17, 15) is 18.0 Å². The van der Waals surface area contributed by atoms with Crippen LogP contribution in [0.2, 0.25) is 0 Å². The second-order valence-electron chi connectivity index (χ2n) is 4.41. The number of aryl methyl sites for hydroxylation is 1. The van der Waals surface area contributed by atoms with Gasteiger partial charge in [0.1, 0.15) is 9.88 Å². The summed E-state index contributed by atoms with van der Waals surface area (Å²) in [4.78, 5) is 20.0. The number of nitrogens with one attached hydrogen (secondary N) is 2. The number of aromatic amines is 1. The zero-order chi connectivity index (χ0) is 16.6. The van der Waals surface area contributed by atoms with Crippen molar-refractivity contribution in [2.24, 2.45) is 0 Å². The molecule has 0 spiro atoms. The van der Waals surface area contributed by atoms with Gasteiger partial charge in [-0.15, -0.1) is 16.4 Å². The lowest BCUT2D eigenvalue weighted by Crippen LogP contribution is -2.13. The fourth-order valence-electron chi connectivity index (χ4n) is 1.72. The summed E-state index contributed by atoms with van der Waals surface area (Å²) in [7, 11) is 0. The van der Waals surface area contributed by atoms with E-state index in [4.69, 9.17) is 0 Å². The van der Waals surface area contributed by atoms with Crippen molar-refractivity contribution in [3.05, 3.63) is 33.2 Å². The Kier molecular flexibility index (Phi) is 3.90. The van der Waals surface area contributed by atoms with Gasteiger partial charge in [-0.25, -0.2) is 4.98 Å². The van der Waals surface area contributed by atoms with Crippen LogP contribution in [0.1, 0.15) is 21.2 Å². The van der Waals surface area contributed by atoms with E-state index in [2.05, 4.69) is 20.4 Å². The van der Waals surface area contributed by atoms with Crippen LogP contribution in [0.3, 0.4) is 0 Å². The number of thiophene rings is 1. The molecule has 0 saturated heterocycles. The molecule has 3 aromatic heterocycles. The monoisotopic (exact) mass is 359 g/mol. The molecular formula is C12H8F3N5OS2. The number of aromatic nitrogens is 4. The van der Waals surface area contributed by atoms with E-state index in [1.54, 1.807) is 12.0 Å². The van der Waals surface area contributed by atoms with Gasteiger partial charge < -0.3 is 0 Å². The fraction of sp³-hybridized carbons (Fsp3) is 0.167. The number of hydrogen-bond acceptors (Lipinski definition) is 6. The maximum Gasteiger partial charge on any atom is 0.451 e. The van der Waals surface area contributed by atoms with Crippen LogP contribution in [-0.2, 0) is 6.18 Å². The molecule has 0 saturated carbocycles. The number of amides is 1. The molecule has 0 atom stereocenters. The Labute approximate surface area is 135 Å². The minimum Gasteiger partial charge on any atom is -0.288 e. The highest BCUT2D eigenvalue weighted by Gasteiger charge is 2.35. The molecule has 3 aromatic rings. The standard InChI is InChI=1S/C12H8F3N5OS2/c1-5-7(23-9(16-5)6-2-3-22-4-6)8(21)17-11-18-10(19-20-11)12(13,14)15/h2-4H,1H3,(H2,17,18,19,20,21). The van der Waals surface area contributed by atoms with Gasteiger partial charge in [0.15, 0.2) is 0 Å². The van der Waals surface area contributed by atoms with Gasteiger partial charge >= 0.3 is 6.18 Å². The van der Waals surface area contributed by atoms with E-state index < -0.39 is 23.9 Å². The zero-order valence-electron chi connectivity index (χ0n) is 11.4. The second-order valence-corrected chi connectivity index (χ2v) is 6.18. The van der Waals surface area contributed by atoms with E-state index in [1.165, 1.54) is 11.3 Å². The number of alkyl halides is 3. The summed E-state index contributed by atoms with van der Waals surface area (Å²) in [6.45, 7) is 1.65. The van der Waals surface area contributed by atoms with Gasteiger partial charge in [-0.3, -0.25) is 15.2 Å². The van der Waals surface area contributed by atoms with Gasteiger partial charge in [0.05, 0.1) is 5.69 Å². The predicted octanol–water partition coefficient (Wildman–Crippen LogP) is 3.57. The first-order valence-electron chi connectivity index (χ1n) is 6.15. The predicted molar refractivity (Wildman–Crippen MR) is 79.5 cm³/mol. The molecule has 0 bridgehead atoms.